The Hall–Kier alpha value is -2.48. The van der Waals surface area contributed by atoms with Gasteiger partial charge in [0.2, 0.25) is 0 Å². The van der Waals surface area contributed by atoms with E-state index in [9.17, 15) is 5.11 Å². The van der Waals surface area contributed by atoms with Gasteiger partial charge in [-0.05, 0) is 113 Å². The van der Waals surface area contributed by atoms with Crippen molar-refractivity contribution in [2.24, 2.45) is 5.92 Å². The molecule has 3 atom stereocenters. The molecular weight excluding hydrogens is 486 g/mol. The first kappa shape index (κ1) is 35.5. The number of hydrogen-bond acceptors (Lipinski definition) is 2. The lowest BCUT2D eigenvalue weighted by Gasteiger charge is -2.32. The average molecular weight is 548 g/mol. The van der Waals surface area contributed by atoms with Crippen LogP contribution < -0.4 is 5.32 Å². The first-order valence-corrected chi connectivity index (χ1v) is 15.6. The zero-order valence-corrected chi connectivity index (χ0v) is 26.0. The Morgan fingerprint density at radius 3 is 2.48 bits per heavy atom. The third-order valence-electron chi connectivity index (χ3n) is 8.40. The standard InChI is InChI=1S/C34H51NO.C3H6.CH4/c1-7-9-10-15-28-22-25(4)34(30-18-13-14-24(3)21-30)31(23-28)17-12-11-16-29-19-20-33(26(5)27(6)36)35-32(29)8-2;1-3-2;/h11,16,21-23,26,30,33,35-36H,6-10,12-15,17-20H2,1-5H3;3H,1H2,2H3;1H4/b16-11+;;. The van der Waals surface area contributed by atoms with Gasteiger partial charge in [0, 0.05) is 23.6 Å². The SMILES string of the molecule is C.C=C(O)C(C)C1CCC(/C=C/CCc2cc(CCCCC)cc(C)c2C2C=C(C)CCC2)=C(CC)N1.C=CC. The number of unbranched alkanes of at least 4 members (excludes halogenated alkanes) is 2. The molecule has 0 fully saturated rings. The molecule has 1 aromatic rings. The van der Waals surface area contributed by atoms with Crippen molar-refractivity contribution in [2.75, 3.05) is 0 Å². The smallest absolute Gasteiger partial charge is 0.0899 e. The fourth-order valence-corrected chi connectivity index (χ4v) is 6.19. The van der Waals surface area contributed by atoms with E-state index in [4.69, 9.17) is 0 Å². The van der Waals surface area contributed by atoms with Crippen molar-refractivity contribution in [1.82, 2.24) is 5.32 Å². The van der Waals surface area contributed by atoms with Gasteiger partial charge in [-0.3, -0.25) is 0 Å². The molecule has 0 amide bonds. The number of aryl methyl sites for hydroxylation is 3. The van der Waals surface area contributed by atoms with Crippen LogP contribution in [-0.2, 0) is 12.8 Å². The molecule has 2 heteroatoms. The second-order valence-corrected chi connectivity index (χ2v) is 11.7. The number of rotatable bonds is 12. The molecule has 0 aromatic heterocycles. The molecule has 0 saturated heterocycles. The number of hydrogen-bond donors (Lipinski definition) is 2. The van der Waals surface area contributed by atoms with Crippen molar-refractivity contribution in [1.29, 1.82) is 0 Å². The molecule has 1 heterocycles. The molecule has 0 spiro atoms. The highest BCUT2D eigenvalue weighted by atomic mass is 16.3. The molecule has 0 saturated carbocycles. The van der Waals surface area contributed by atoms with E-state index in [1.807, 2.05) is 6.92 Å². The van der Waals surface area contributed by atoms with Crippen LogP contribution in [0.4, 0.5) is 0 Å². The van der Waals surface area contributed by atoms with Gasteiger partial charge in [0.1, 0.15) is 0 Å². The van der Waals surface area contributed by atoms with Crippen molar-refractivity contribution in [3.05, 3.63) is 94.5 Å². The molecule has 3 rings (SSSR count). The van der Waals surface area contributed by atoms with Gasteiger partial charge in [-0.2, -0.15) is 0 Å². The first-order chi connectivity index (χ1) is 18.7. The van der Waals surface area contributed by atoms with Gasteiger partial charge in [0.25, 0.3) is 0 Å². The molecule has 224 valence electrons. The number of aliphatic hydroxyl groups excluding tert-OH is 1. The zero-order chi connectivity index (χ0) is 28.8. The highest BCUT2D eigenvalue weighted by Crippen LogP contribution is 2.36. The van der Waals surface area contributed by atoms with Crippen LogP contribution >= 0.6 is 0 Å². The van der Waals surface area contributed by atoms with Crippen LogP contribution in [0.3, 0.4) is 0 Å². The monoisotopic (exact) mass is 547 g/mol. The quantitative estimate of drug-likeness (QED) is 0.155. The van der Waals surface area contributed by atoms with Crippen LogP contribution in [0.25, 0.3) is 0 Å². The lowest BCUT2D eigenvalue weighted by Crippen LogP contribution is -2.38. The van der Waals surface area contributed by atoms with Gasteiger partial charge in [-0.15, -0.1) is 6.58 Å². The predicted octanol–water partition coefficient (Wildman–Crippen LogP) is 11.4. The summed E-state index contributed by atoms with van der Waals surface area (Å²) < 4.78 is 0. The van der Waals surface area contributed by atoms with Crippen LogP contribution in [0.5, 0.6) is 0 Å². The van der Waals surface area contributed by atoms with Gasteiger partial charge in [0.05, 0.1) is 5.76 Å². The molecule has 1 aliphatic heterocycles. The number of nitrogens with one attached hydrogen (secondary N) is 1. The largest absolute Gasteiger partial charge is 0.513 e. The van der Waals surface area contributed by atoms with E-state index in [2.05, 4.69) is 83.5 Å². The van der Waals surface area contributed by atoms with Crippen molar-refractivity contribution >= 4 is 0 Å². The van der Waals surface area contributed by atoms with Gasteiger partial charge in [-0.1, -0.05) is 89.6 Å². The zero-order valence-electron chi connectivity index (χ0n) is 26.0. The lowest BCUT2D eigenvalue weighted by molar-refractivity contribution is 0.284. The van der Waals surface area contributed by atoms with Crippen LogP contribution in [0.1, 0.15) is 134 Å². The Morgan fingerprint density at radius 2 is 1.85 bits per heavy atom. The Morgan fingerprint density at radius 1 is 1.12 bits per heavy atom. The minimum absolute atomic E-state index is 0. The first-order valence-electron chi connectivity index (χ1n) is 15.6. The van der Waals surface area contributed by atoms with E-state index in [1.165, 1.54) is 67.3 Å². The van der Waals surface area contributed by atoms with E-state index in [0.717, 1.165) is 32.1 Å². The maximum atomic E-state index is 9.84. The van der Waals surface area contributed by atoms with Gasteiger partial charge in [-0.25, -0.2) is 0 Å². The summed E-state index contributed by atoms with van der Waals surface area (Å²) in [4.78, 5) is 0. The molecule has 2 nitrogen and oxygen atoms in total. The highest BCUT2D eigenvalue weighted by molar-refractivity contribution is 5.44. The molecule has 3 unspecified atom stereocenters. The third-order valence-corrected chi connectivity index (χ3v) is 8.40. The molecule has 2 aliphatic rings. The number of allylic oxidation sites excluding steroid dienone is 7. The van der Waals surface area contributed by atoms with E-state index >= 15 is 0 Å². The summed E-state index contributed by atoms with van der Waals surface area (Å²) in [5.41, 5.74) is 10.5. The molecule has 0 radical (unpaired) electrons. The average Bonchev–Trinajstić information content (AvgIpc) is 2.91. The Kier molecular flexibility index (Phi) is 16.7. The second-order valence-electron chi connectivity index (χ2n) is 11.7. The van der Waals surface area contributed by atoms with Crippen LogP contribution in [-0.4, -0.2) is 11.1 Å². The van der Waals surface area contributed by atoms with Crippen LogP contribution in [0.2, 0.25) is 0 Å². The minimum atomic E-state index is 0. The van der Waals surface area contributed by atoms with Crippen molar-refractivity contribution in [3.8, 4) is 0 Å². The Balaban J connectivity index is 0.00000191. The third kappa shape index (κ3) is 10.8. The Bertz CT molecular complexity index is 1020. The Labute approximate surface area is 248 Å². The number of benzene rings is 1. The van der Waals surface area contributed by atoms with Crippen LogP contribution in [0.15, 0.2) is 72.2 Å². The fourth-order valence-electron chi connectivity index (χ4n) is 6.19. The topological polar surface area (TPSA) is 32.3 Å². The summed E-state index contributed by atoms with van der Waals surface area (Å²) in [5, 5.41) is 13.5. The number of aliphatic hydroxyl groups is 1. The molecule has 1 aliphatic carbocycles. The molecule has 0 bridgehead atoms. The molecule has 1 aromatic carbocycles. The maximum Gasteiger partial charge on any atom is 0.0899 e. The summed E-state index contributed by atoms with van der Waals surface area (Å²) in [6.07, 6.45) is 23.3. The van der Waals surface area contributed by atoms with Crippen molar-refractivity contribution < 1.29 is 5.11 Å². The van der Waals surface area contributed by atoms with Crippen molar-refractivity contribution in [3.63, 3.8) is 0 Å². The van der Waals surface area contributed by atoms with Crippen molar-refractivity contribution in [2.45, 2.75) is 138 Å². The van der Waals surface area contributed by atoms with E-state index in [0.29, 0.717) is 5.92 Å². The summed E-state index contributed by atoms with van der Waals surface area (Å²) in [6, 6.07) is 5.30. The minimum Gasteiger partial charge on any atom is -0.513 e. The van der Waals surface area contributed by atoms with E-state index < -0.39 is 0 Å². The van der Waals surface area contributed by atoms with Crippen LogP contribution in [0, 0.1) is 12.8 Å². The second kappa shape index (κ2) is 18.8. The summed E-state index contributed by atoms with van der Waals surface area (Å²) in [5.74, 6) is 0.952. The van der Waals surface area contributed by atoms with Gasteiger partial charge < -0.3 is 10.4 Å². The summed E-state index contributed by atoms with van der Waals surface area (Å²) in [6.45, 7) is 20.2. The fraction of sp³-hybridized carbons (Fsp3) is 0.579. The molecule has 2 N–H and O–H groups in total. The highest BCUT2D eigenvalue weighted by Gasteiger charge is 2.24. The normalized spacial score (nSPS) is 19.6. The maximum absolute atomic E-state index is 9.84. The summed E-state index contributed by atoms with van der Waals surface area (Å²) >= 11 is 0. The van der Waals surface area contributed by atoms with E-state index in [-0.39, 0.29) is 25.1 Å². The van der Waals surface area contributed by atoms with Gasteiger partial charge >= 0.3 is 0 Å². The molecular formula is C38H61NO. The summed E-state index contributed by atoms with van der Waals surface area (Å²) in [7, 11) is 0. The molecule has 40 heavy (non-hydrogen) atoms. The van der Waals surface area contributed by atoms with E-state index in [1.54, 1.807) is 22.8 Å². The predicted molar refractivity (Wildman–Crippen MR) is 179 cm³/mol. The lowest BCUT2D eigenvalue weighted by atomic mass is 9.80. The van der Waals surface area contributed by atoms with Gasteiger partial charge in [0.15, 0.2) is 0 Å².